The van der Waals surface area contributed by atoms with Crippen molar-refractivity contribution < 1.29 is 14.3 Å². The molecule has 2 saturated heterocycles. The molecule has 3 fully saturated rings. The van der Waals surface area contributed by atoms with Crippen LogP contribution in [0.3, 0.4) is 0 Å². The number of hydrogen-bond acceptors (Lipinski definition) is 3. The van der Waals surface area contributed by atoms with Crippen LogP contribution < -0.4 is 5.32 Å². The average Bonchev–Trinajstić information content (AvgIpc) is 2.91. The number of amides is 2. The molecule has 0 aromatic carbocycles. The highest BCUT2D eigenvalue weighted by Crippen LogP contribution is 2.52. The van der Waals surface area contributed by atoms with Crippen LogP contribution in [0.4, 0.5) is 0 Å². The SMILES string of the molecule is CCCC1CC2(CCO1)CC(=O)NC(=O)C2C1CCCC1. The van der Waals surface area contributed by atoms with E-state index in [0.29, 0.717) is 18.9 Å². The van der Waals surface area contributed by atoms with E-state index in [-0.39, 0.29) is 29.3 Å². The Bertz CT molecular complexity index is 414. The van der Waals surface area contributed by atoms with Crippen molar-refractivity contribution >= 4 is 11.8 Å². The number of nitrogens with one attached hydrogen (secondary N) is 1. The van der Waals surface area contributed by atoms with Gasteiger partial charge in [0.2, 0.25) is 11.8 Å². The van der Waals surface area contributed by atoms with Crippen molar-refractivity contribution in [2.45, 2.75) is 70.8 Å². The van der Waals surface area contributed by atoms with Crippen molar-refractivity contribution in [1.82, 2.24) is 5.32 Å². The van der Waals surface area contributed by atoms with Gasteiger partial charge in [-0.15, -0.1) is 0 Å². The maximum absolute atomic E-state index is 12.6. The van der Waals surface area contributed by atoms with Crippen molar-refractivity contribution in [3.8, 4) is 0 Å². The fraction of sp³-hybridized carbons (Fsp3) is 0.882. The summed E-state index contributed by atoms with van der Waals surface area (Å²) in [6.45, 7) is 2.87. The summed E-state index contributed by atoms with van der Waals surface area (Å²) in [4.78, 5) is 24.6. The predicted octanol–water partition coefficient (Wildman–Crippen LogP) is 2.80. The van der Waals surface area contributed by atoms with Gasteiger partial charge in [0, 0.05) is 18.9 Å². The Hall–Kier alpha value is -0.900. The van der Waals surface area contributed by atoms with Crippen molar-refractivity contribution in [3.05, 3.63) is 0 Å². The van der Waals surface area contributed by atoms with E-state index in [9.17, 15) is 9.59 Å². The fourth-order valence-corrected chi connectivity index (χ4v) is 4.97. The van der Waals surface area contributed by atoms with Crippen LogP contribution in [0.1, 0.15) is 64.7 Å². The topological polar surface area (TPSA) is 55.4 Å². The maximum Gasteiger partial charge on any atom is 0.230 e. The molecule has 3 atom stereocenters. The number of ether oxygens (including phenoxy) is 1. The van der Waals surface area contributed by atoms with E-state index >= 15 is 0 Å². The first-order chi connectivity index (χ1) is 10.1. The van der Waals surface area contributed by atoms with Gasteiger partial charge >= 0.3 is 0 Å². The number of hydrogen-bond donors (Lipinski definition) is 1. The van der Waals surface area contributed by atoms with Gasteiger partial charge in [0.15, 0.2) is 0 Å². The van der Waals surface area contributed by atoms with Crippen LogP contribution in [0, 0.1) is 17.3 Å². The monoisotopic (exact) mass is 293 g/mol. The highest BCUT2D eigenvalue weighted by molar-refractivity contribution is 5.99. The molecule has 0 aromatic rings. The van der Waals surface area contributed by atoms with Crippen LogP contribution in [0.15, 0.2) is 0 Å². The van der Waals surface area contributed by atoms with Gasteiger partial charge in [0.1, 0.15) is 0 Å². The Morgan fingerprint density at radius 3 is 2.76 bits per heavy atom. The number of rotatable bonds is 3. The molecule has 3 aliphatic rings. The first-order valence-corrected chi connectivity index (χ1v) is 8.60. The molecule has 2 amide bonds. The van der Waals surface area contributed by atoms with Gasteiger partial charge < -0.3 is 4.74 Å². The third kappa shape index (κ3) is 2.87. The number of carbonyl (C=O) groups excluding carboxylic acids is 2. The van der Waals surface area contributed by atoms with Crippen LogP contribution >= 0.6 is 0 Å². The van der Waals surface area contributed by atoms with Crippen molar-refractivity contribution in [3.63, 3.8) is 0 Å². The molecular formula is C17H27NO3. The molecule has 0 radical (unpaired) electrons. The van der Waals surface area contributed by atoms with Crippen LogP contribution in [0.2, 0.25) is 0 Å². The smallest absolute Gasteiger partial charge is 0.230 e. The molecule has 1 saturated carbocycles. The van der Waals surface area contributed by atoms with Gasteiger partial charge in [-0.25, -0.2) is 0 Å². The molecule has 0 aromatic heterocycles. The Balaban J connectivity index is 1.86. The molecule has 3 rings (SSSR count). The lowest BCUT2D eigenvalue weighted by Gasteiger charge is -2.49. The lowest BCUT2D eigenvalue weighted by atomic mass is 9.59. The zero-order chi connectivity index (χ0) is 14.9. The summed E-state index contributed by atoms with van der Waals surface area (Å²) in [5.41, 5.74) is -0.132. The molecule has 2 aliphatic heterocycles. The zero-order valence-electron chi connectivity index (χ0n) is 13.0. The summed E-state index contributed by atoms with van der Waals surface area (Å²) < 4.78 is 5.88. The van der Waals surface area contributed by atoms with Crippen molar-refractivity contribution in [2.75, 3.05) is 6.61 Å². The van der Waals surface area contributed by atoms with E-state index in [4.69, 9.17) is 4.74 Å². The standard InChI is InChI=1S/C17H27NO3/c1-2-5-13-10-17(8-9-21-13)11-14(19)18-16(20)15(17)12-6-3-4-7-12/h12-13,15H,2-11H2,1H3,(H,18,19,20). The predicted molar refractivity (Wildman–Crippen MR) is 79.5 cm³/mol. The highest BCUT2D eigenvalue weighted by Gasteiger charge is 2.53. The summed E-state index contributed by atoms with van der Waals surface area (Å²) in [7, 11) is 0. The molecule has 1 N–H and O–H groups in total. The molecule has 2 heterocycles. The normalized spacial score (nSPS) is 38.0. The second kappa shape index (κ2) is 6.07. The van der Waals surface area contributed by atoms with Gasteiger partial charge in [0.25, 0.3) is 0 Å². The lowest BCUT2D eigenvalue weighted by molar-refractivity contribution is -0.156. The van der Waals surface area contributed by atoms with Gasteiger partial charge in [-0.2, -0.15) is 0 Å². The second-order valence-electron chi connectivity index (χ2n) is 7.21. The quantitative estimate of drug-likeness (QED) is 0.814. The molecule has 1 aliphatic carbocycles. The Morgan fingerprint density at radius 2 is 2.05 bits per heavy atom. The molecule has 3 unspecified atom stereocenters. The van der Waals surface area contributed by atoms with E-state index in [1.807, 2.05) is 0 Å². The van der Waals surface area contributed by atoms with E-state index in [2.05, 4.69) is 12.2 Å². The fourth-order valence-electron chi connectivity index (χ4n) is 4.97. The first-order valence-electron chi connectivity index (χ1n) is 8.60. The van der Waals surface area contributed by atoms with E-state index < -0.39 is 0 Å². The lowest BCUT2D eigenvalue weighted by Crippen LogP contribution is -2.57. The zero-order valence-corrected chi connectivity index (χ0v) is 13.0. The molecule has 1 spiro atoms. The van der Waals surface area contributed by atoms with Crippen LogP contribution in [0.5, 0.6) is 0 Å². The van der Waals surface area contributed by atoms with Crippen molar-refractivity contribution in [2.24, 2.45) is 17.3 Å². The molecule has 0 bridgehead atoms. The third-order valence-electron chi connectivity index (χ3n) is 5.79. The third-order valence-corrected chi connectivity index (χ3v) is 5.79. The number of piperidine rings is 1. The van der Waals surface area contributed by atoms with Crippen LogP contribution in [0.25, 0.3) is 0 Å². The molecule has 21 heavy (non-hydrogen) atoms. The minimum absolute atomic E-state index is 0.00435. The minimum Gasteiger partial charge on any atom is -0.378 e. The van der Waals surface area contributed by atoms with Gasteiger partial charge in [0.05, 0.1) is 6.10 Å². The number of carbonyl (C=O) groups is 2. The molecular weight excluding hydrogens is 266 g/mol. The Morgan fingerprint density at radius 1 is 1.29 bits per heavy atom. The van der Waals surface area contributed by atoms with Gasteiger partial charge in [-0.3, -0.25) is 14.9 Å². The van der Waals surface area contributed by atoms with Gasteiger partial charge in [-0.1, -0.05) is 26.2 Å². The highest BCUT2D eigenvalue weighted by atomic mass is 16.5. The summed E-state index contributed by atoms with van der Waals surface area (Å²) in [6, 6.07) is 0. The summed E-state index contributed by atoms with van der Waals surface area (Å²) in [5.74, 6) is 0.418. The van der Waals surface area contributed by atoms with Gasteiger partial charge in [-0.05, 0) is 43.4 Å². The largest absolute Gasteiger partial charge is 0.378 e. The maximum atomic E-state index is 12.6. The number of imide groups is 1. The Kier molecular flexibility index (Phi) is 4.34. The molecule has 4 heteroatoms. The first kappa shape index (κ1) is 15.0. The van der Waals surface area contributed by atoms with E-state index in [1.165, 1.54) is 12.8 Å². The summed E-state index contributed by atoms with van der Waals surface area (Å²) in [6.07, 6.45) is 9.38. The summed E-state index contributed by atoms with van der Waals surface area (Å²) >= 11 is 0. The Labute approximate surface area is 127 Å². The molecule has 4 nitrogen and oxygen atoms in total. The summed E-state index contributed by atoms with van der Waals surface area (Å²) in [5, 5.41) is 2.61. The second-order valence-corrected chi connectivity index (χ2v) is 7.21. The average molecular weight is 293 g/mol. The van der Waals surface area contributed by atoms with E-state index in [1.54, 1.807) is 0 Å². The van der Waals surface area contributed by atoms with Crippen LogP contribution in [-0.4, -0.2) is 24.5 Å². The van der Waals surface area contributed by atoms with E-state index in [0.717, 1.165) is 38.5 Å². The van der Waals surface area contributed by atoms with Crippen molar-refractivity contribution in [1.29, 1.82) is 0 Å². The molecule has 118 valence electrons. The van der Waals surface area contributed by atoms with Crippen LogP contribution in [-0.2, 0) is 14.3 Å². The minimum atomic E-state index is -0.132.